The first kappa shape index (κ1) is 27.3. The van der Waals surface area contributed by atoms with Crippen LogP contribution in [0.4, 0.5) is 17.1 Å². The highest BCUT2D eigenvalue weighted by molar-refractivity contribution is 7.92. The maximum absolute atomic E-state index is 12.9. The van der Waals surface area contributed by atoms with Gasteiger partial charge in [0, 0.05) is 16.4 Å². The van der Waals surface area contributed by atoms with Gasteiger partial charge in [-0.25, -0.2) is 16.8 Å². The summed E-state index contributed by atoms with van der Waals surface area (Å²) in [5, 5.41) is 3.11. The van der Waals surface area contributed by atoms with Gasteiger partial charge in [-0.2, -0.15) is 0 Å². The number of hydrogen-bond acceptors (Lipinski definition) is 6. The Labute approximate surface area is 216 Å². The zero-order valence-electron chi connectivity index (χ0n) is 19.8. The lowest BCUT2D eigenvalue weighted by molar-refractivity contribution is -0.116. The van der Waals surface area contributed by atoms with E-state index in [0.29, 0.717) is 34.4 Å². The number of anilines is 3. The Morgan fingerprint density at radius 3 is 2.00 bits per heavy atom. The molecule has 1 atom stereocenters. The minimum absolute atomic E-state index is 0.0179. The summed E-state index contributed by atoms with van der Waals surface area (Å²) in [6.45, 7) is 3.76. The van der Waals surface area contributed by atoms with E-state index in [4.69, 9.17) is 16.3 Å². The highest BCUT2D eigenvalue weighted by Crippen LogP contribution is 2.25. The van der Waals surface area contributed by atoms with Crippen LogP contribution in [-0.4, -0.2) is 41.6 Å². The van der Waals surface area contributed by atoms with Crippen LogP contribution in [0.15, 0.2) is 77.7 Å². The van der Waals surface area contributed by atoms with E-state index >= 15 is 0 Å². The van der Waals surface area contributed by atoms with Crippen molar-refractivity contribution in [1.82, 2.24) is 0 Å². The Balaban J connectivity index is 1.74. The monoisotopic (exact) mass is 551 g/mol. The van der Waals surface area contributed by atoms with Gasteiger partial charge in [-0.1, -0.05) is 11.6 Å². The summed E-state index contributed by atoms with van der Waals surface area (Å²) < 4.78 is 59.1. The van der Waals surface area contributed by atoms with Crippen molar-refractivity contribution in [2.24, 2.45) is 0 Å². The predicted octanol–water partition coefficient (Wildman–Crippen LogP) is 4.33. The molecule has 1 amide bonds. The molecular weight excluding hydrogens is 526 g/mol. The zero-order chi connectivity index (χ0) is 26.5. The molecule has 0 aliphatic rings. The number of rotatable bonds is 10. The lowest BCUT2D eigenvalue weighted by atomic mass is 10.2. The molecule has 36 heavy (non-hydrogen) atoms. The van der Waals surface area contributed by atoms with Gasteiger partial charge in [0.2, 0.25) is 15.9 Å². The van der Waals surface area contributed by atoms with E-state index in [1.54, 1.807) is 36.4 Å². The summed E-state index contributed by atoms with van der Waals surface area (Å²) in [5.74, 6) is -0.0170. The van der Waals surface area contributed by atoms with Crippen LogP contribution in [-0.2, 0) is 24.8 Å². The molecule has 0 bridgehead atoms. The number of hydrogen-bond donors (Lipinski definition) is 2. The summed E-state index contributed by atoms with van der Waals surface area (Å²) in [6.07, 6.45) is 1.01. The number of carbonyl (C=O) groups excluding carboxylic acids is 1. The van der Waals surface area contributed by atoms with Crippen molar-refractivity contribution in [3.63, 3.8) is 0 Å². The molecule has 0 spiro atoms. The molecule has 12 heteroatoms. The third kappa shape index (κ3) is 6.90. The maximum Gasteiger partial charge on any atom is 0.261 e. The van der Waals surface area contributed by atoms with E-state index in [2.05, 4.69) is 10.0 Å². The number of nitrogens with zero attached hydrogens (tertiary/aromatic N) is 1. The van der Waals surface area contributed by atoms with Gasteiger partial charge in [0.1, 0.15) is 11.8 Å². The fourth-order valence-electron chi connectivity index (χ4n) is 3.36. The second kappa shape index (κ2) is 11.2. The lowest BCUT2D eigenvalue weighted by Gasteiger charge is -2.28. The first-order chi connectivity index (χ1) is 16.9. The molecule has 0 aliphatic carbocycles. The average molecular weight is 552 g/mol. The van der Waals surface area contributed by atoms with E-state index in [1.807, 2.05) is 6.92 Å². The van der Waals surface area contributed by atoms with Crippen LogP contribution in [0.2, 0.25) is 5.02 Å². The maximum atomic E-state index is 12.9. The molecular formula is C24H26ClN3O6S2. The van der Waals surface area contributed by atoms with Crippen LogP contribution < -0.4 is 19.1 Å². The molecule has 0 radical (unpaired) electrons. The minimum atomic E-state index is -3.87. The highest BCUT2D eigenvalue weighted by Gasteiger charge is 2.29. The van der Waals surface area contributed by atoms with E-state index in [0.717, 1.165) is 10.6 Å². The van der Waals surface area contributed by atoms with Gasteiger partial charge in [0.05, 0.1) is 23.4 Å². The van der Waals surface area contributed by atoms with E-state index in [-0.39, 0.29) is 4.90 Å². The summed E-state index contributed by atoms with van der Waals surface area (Å²) in [7, 11) is -7.67. The molecule has 0 fully saturated rings. The molecule has 3 rings (SSSR count). The van der Waals surface area contributed by atoms with E-state index < -0.39 is 32.0 Å². The van der Waals surface area contributed by atoms with Crippen molar-refractivity contribution in [1.29, 1.82) is 0 Å². The van der Waals surface area contributed by atoms with Crippen LogP contribution in [0.3, 0.4) is 0 Å². The van der Waals surface area contributed by atoms with Gasteiger partial charge < -0.3 is 10.1 Å². The molecule has 0 saturated heterocycles. The summed E-state index contributed by atoms with van der Waals surface area (Å²) in [6, 6.07) is 17.0. The number of amides is 1. The van der Waals surface area contributed by atoms with Gasteiger partial charge >= 0.3 is 0 Å². The standard InChI is InChI=1S/C24H26ClN3O6S2/c1-4-34-22-13-11-21(12-14-22)28(35(3,30)31)17(2)24(29)26-19-9-15-23(16-10-19)36(32,33)27-20-7-5-18(25)6-8-20/h5-17,27H,4H2,1-3H3,(H,26,29)/t17-/m1/s1. The van der Waals surface area contributed by atoms with Crippen LogP contribution >= 0.6 is 11.6 Å². The third-order valence-corrected chi connectivity index (χ3v) is 7.91. The third-order valence-electron chi connectivity index (χ3n) is 5.02. The quantitative estimate of drug-likeness (QED) is 0.387. The fourth-order valence-corrected chi connectivity index (χ4v) is 5.72. The SMILES string of the molecule is CCOc1ccc(N([C@H](C)C(=O)Nc2ccc(S(=O)(=O)Nc3ccc(Cl)cc3)cc2)S(C)(=O)=O)cc1. The summed E-state index contributed by atoms with van der Waals surface area (Å²) >= 11 is 5.82. The Bertz CT molecular complexity index is 1410. The van der Waals surface area contributed by atoms with Crippen molar-refractivity contribution in [3.8, 4) is 5.75 Å². The fraction of sp³-hybridized carbons (Fsp3) is 0.208. The van der Waals surface area contributed by atoms with Gasteiger partial charge in [0.15, 0.2) is 0 Å². The van der Waals surface area contributed by atoms with Crippen LogP contribution in [0.5, 0.6) is 5.75 Å². The molecule has 0 saturated carbocycles. The Morgan fingerprint density at radius 2 is 1.47 bits per heavy atom. The molecule has 2 N–H and O–H groups in total. The van der Waals surface area contributed by atoms with Gasteiger partial charge in [-0.3, -0.25) is 13.8 Å². The number of sulfonamides is 2. The smallest absolute Gasteiger partial charge is 0.261 e. The lowest BCUT2D eigenvalue weighted by Crippen LogP contribution is -2.45. The molecule has 0 aromatic heterocycles. The van der Waals surface area contributed by atoms with Crippen LogP contribution in [0, 0.1) is 0 Å². The van der Waals surface area contributed by atoms with Crippen molar-refractivity contribution in [2.45, 2.75) is 24.8 Å². The molecule has 9 nitrogen and oxygen atoms in total. The number of nitrogens with one attached hydrogen (secondary N) is 2. The van der Waals surface area contributed by atoms with Crippen LogP contribution in [0.1, 0.15) is 13.8 Å². The first-order valence-electron chi connectivity index (χ1n) is 10.8. The normalized spacial score (nSPS) is 12.4. The van der Waals surface area contributed by atoms with E-state index in [1.165, 1.54) is 43.3 Å². The van der Waals surface area contributed by atoms with Gasteiger partial charge in [-0.05, 0) is 86.6 Å². The molecule has 192 valence electrons. The molecule has 0 unspecified atom stereocenters. The predicted molar refractivity (Wildman–Crippen MR) is 142 cm³/mol. The summed E-state index contributed by atoms with van der Waals surface area (Å²) in [5.41, 5.74) is 0.955. The number of ether oxygens (including phenoxy) is 1. The molecule has 0 heterocycles. The Kier molecular flexibility index (Phi) is 8.49. The highest BCUT2D eigenvalue weighted by atomic mass is 35.5. The second-order valence-electron chi connectivity index (χ2n) is 7.79. The van der Waals surface area contributed by atoms with E-state index in [9.17, 15) is 21.6 Å². The molecule has 0 aliphatic heterocycles. The minimum Gasteiger partial charge on any atom is -0.494 e. The number of halogens is 1. The number of benzene rings is 3. The molecule has 3 aromatic rings. The Morgan fingerprint density at radius 1 is 0.917 bits per heavy atom. The Hall–Kier alpha value is -3.28. The number of carbonyl (C=O) groups is 1. The summed E-state index contributed by atoms with van der Waals surface area (Å²) in [4.78, 5) is 12.9. The van der Waals surface area contributed by atoms with Gasteiger partial charge in [0.25, 0.3) is 10.0 Å². The topological polar surface area (TPSA) is 122 Å². The molecule has 3 aromatic carbocycles. The first-order valence-corrected chi connectivity index (χ1v) is 14.5. The van der Waals surface area contributed by atoms with Crippen molar-refractivity contribution < 1.29 is 26.4 Å². The van der Waals surface area contributed by atoms with Crippen LogP contribution in [0.25, 0.3) is 0 Å². The largest absolute Gasteiger partial charge is 0.494 e. The van der Waals surface area contributed by atoms with Crippen molar-refractivity contribution in [3.05, 3.63) is 77.8 Å². The average Bonchev–Trinajstić information content (AvgIpc) is 2.81. The zero-order valence-corrected chi connectivity index (χ0v) is 22.2. The van der Waals surface area contributed by atoms with Crippen molar-refractivity contribution in [2.75, 3.05) is 27.2 Å². The van der Waals surface area contributed by atoms with Gasteiger partial charge in [-0.15, -0.1) is 0 Å². The second-order valence-corrected chi connectivity index (χ2v) is 11.8. The van der Waals surface area contributed by atoms with Crippen molar-refractivity contribution >= 4 is 54.6 Å².